The van der Waals surface area contributed by atoms with Crippen LogP contribution in [0, 0.1) is 0 Å². The van der Waals surface area contributed by atoms with Crippen molar-refractivity contribution >= 4 is 5.91 Å². The van der Waals surface area contributed by atoms with Crippen LogP contribution < -0.4 is 0 Å². The smallest absolute Gasteiger partial charge is 0.219 e. The molecular weight excluding hydrogens is 300 g/mol. The topological polar surface area (TPSA) is 32.8 Å². The lowest BCUT2D eigenvalue weighted by Crippen LogP contribution is -2.64. The molecule has 1 amide bonds. The van der Waals surface area contributed by atoms with Crippen LogP contribution >= 0.6 is 0 Å². The molecule has 4 nitrogen and oxygen atoms in total. The molecule has 0 aromatic heterocycles. The van der Waals surface area contributed by atoms with Gasteiger partial charge in [0.2, 0.25) is 5.91 Å². The third-order valence-corrected chi connectivity index (χ3v) is 5.15. The summed E-state index contributed by atoms with van der Waals surface area (Å²) >= 11 is 0. The maximum absolute atomic E-state index is 11.8. The largest absolute Gasteiger partial charge is 0.343 e. The Hall–Kier alpha value is -1.39. The van der Waals surface area contributed by atoms with Crippen molar-refractivity contribution in [3.8, 4) is 0 Å². The van der Waals surface area contributed by atoms with Gasteiger partial charge in [-0.2, -0.15) is 5.06 Å². The first-order valence-electron chi connectivity index (χ1n) is 8.80. The van der Waals surface area contributed by atoms with E-state index in [2.05, 4.69) is 51.8 Å². The highest BCUT2D eigenvalue weighted by Gasteiger charge is 2.48. The Morgan fingerprint density at radius 3 is 2.12 bits per heavy atom. The summed E-state index contributed by atoms with van der Waals surface area (Å²) in [6.07, 6.45) is 1.79. The van der Waals surface area contributed by atoms with Gasteiger partial charge >= 0.3 is 0 Å². The van der Waals surface area contributed by atoms with Crippen LogP contribution in [0.2, 0.25) is 0 Å². The number of hydroxylamine groups is 2. The highest BCUT2D eigenvalue weighted by Crippen LogP contribution is 2.42. The van der Waals surface area contributed by atoms with E-state index in [9.17, 15) is 4.79 Å². The number of amides is 1. The van der Waals surface area contributed by atoms with Crippen molar-refractivity contribution in [1.82, 2.24) is 9.96 Å². The predicted octanol–water partition coefficient (Wildman–Crippen LogP) is 4.18. The summed E-state index contributed by atoms with van der Waals surface area (Å²) in [6.45, 7) is 12.5. The van der Waals surface area contributed by atoms with Crippen LogP contribution in [0.3, 0.4) is 0 Å². The Balaban J connectivity index is 2.19. The average Bonchev–Trinajstić information content (AvgIpc) is 2.49. The molecule has 0 saturated carbocycles. The van der Waals surface area contributed by atoms with Gasteiger partial charge in [-0.3, -0.25) is 9.63 Å². The van der Waals surface area contributed by atoms with Gasteiger partial charge in [0.25, 0.3) is 0 Å². The molecule has 1 aromatic carbocycles. The Kier molecular flexibility index (Phi) is 5.41. The zero-order valence-corrected chi connectivity index (χ0v) is 16.2. The maximum Gasteiger partial charge on any atom is 0.219 e. The lowest BCUT2D eigenvalue weighted by molar-refractivity contribution is -0.309. The van der Waals surface area contributed by atoms with E-state index in [1.807, 2.05) is 30.1 Å². The lowest BCUT2D eigenvalue weighted by atomic mass is 9.78. The molecule has 1 saturated heterocycles. The van der Waals surface area contributed by atoms with Crippen molar-refractivity contribution in [3.63, 3.8) is 0 Å². The van der Waals surface area contributed by atoms with Crippen LogP contribution in [-0.2, 0) is 9.63 Å². The molecule has 2 rings (SSSR count). The normalized spacial score (nSPS) is 22.1. The SMILES string of the molecule is CC(=O)N(C)C1CC(C)(C)N(OC(C)c2ccccc2)C(C)(C)C1. The van der Waals surface area contributed by atoms with E-state index in [0.717, 1.165) is 12.8 Å². The second-order valence-electron chi connectivity index (χ2n) is 8.27. The Labute approximate surface area is 146 Å². The highest BCUT2D eigenvalue weighted by atomic mass is 16.7. The van der Waals surface area contributed by atoms with Gasteiger partial charge in [-0.25, -0.2) is 0 Å². The Morgan fingerprint density at radius 1 is 1.17 bits per heavy atom. The van der Waals surface area contributed by atoms with E-state index in [1.54, 1.807) is 6.92 Å². The fourth-order valence-electron chi connectivity index (χ4n) is 3.97. The van der Waals surface area contributed by atoms with E-state index in [0.29, 0.717) is 0 Å². The summed E-state index contributed by atoms with van der Waals surface area (Å²) in [4.78, 5) is 20.1. The van der Waals surface area contributed by atoms with Gasteiger partial charge in [0.15, 0.2) is 0 Å². The van der Waals surface area contributed by atoms with Crippen molar-refractivity contribution in [3.05, 3.63) is 35.9 Å². The van der Waals surface area contributed by atoms with Gasteiger partial charge < -0.3 is 4.90 Å². The molecule has 1 fully saturated rings. The number of nitrogens with zero attached hydrogens (tertiary/aromatic N) is 2. The molecule has 4 heteroatoms. The first-order chi connectivity index (χ1) is 11.0. The van der Waals surface area contributed by atoms with Crippen LogP contribution in [0.5, 0.6) is 0 Å². The summed E-state index contributed by atoms with van der Waals surface area (Å²) in [5, 5.41) is 2.15. The van der Waals surface area contributed by atoms with Crippen LogP contribution in [-0.4, -0.2) is 40.0 Å². The third kappa shape index (κ3) is 3.98. The summed E-state index contributed by atoms with van der Waals surface area (Å²) in [5.74, 6) is 0.124. The van der Waals surface area contributed by atoms with Gasteiger partial charge in [0, 0.05) is 31.1 Å². The van der Waals surface area contributed by atoms with Crippen molar-refractivity contribution < 1.29 is 9.63 Å². The highest BCUT2D eigenvalue weighted by molar-refractivity contribution is 5.73. The molecule has 24 heavy (non-hydrogen) atoms. The van der Waals surface area contributed by atoms with Gasteiger partial charge in [-0.05, 0) is 53.0 Å². The van der Waals surface area contributed by atoms with Crippen LogP contribution in [0.4, 0.5) is 0 Å². The average molecular weight is 332 g/mol. The molecule has 0 aliphatic carbocycles. The quantitative estimate of drug-likeness (QED) is 0.829. The van der Waals surface area contributed by atoms with Crippen molar-refractivity contribution in [1.29, 1.82) is 0 Å². The number of carbonyl (C=O) groups excluding carboxylic acids is 1. The molecule has 1 atom stereocenters. The first kappa shape index (κ1) is 18.9. The fraction of sp³-hybridized carbons (Fsp3) is 0.650. The molecule has 134 valence electrons. The predicted molar refractivity (Wildman–Crippen MR) is 97.4 cm³/mol. The second kappa shape index (κ2) is 6.85. The number of hydrogen-bond donors (Lipinski definition) is 0. The number of piperidine rings is 1. The molecule has 1 aromatic rings. The molecule has 0 spiro atoms. The maximum atomic E-state index is 11.8. The van der Waals surface area contributed by atoms with Crippen LogP contribution in [0.15, 0.2) is 30.3 Å². The molecule has 0 radical (unpaired) electrons. The monoisotopic (exact) mass is 332 g/mol. The lowest BCUT2D eigenvalue weighted by Gasteiger charge is -2.55. The third-order valence-electron chi connectivity index (χ3n) is 5.15. The van der Waals surface area contributed by atoms with E-state index >= 15 is 0 Å². The summed E-state index contributed by atoms with van der Waals surface area (Å²) in [6, 6.07) is 10.5. The fourth-order valence-corrected chi connectivity index (χ4v) is 3.97. The van der Waals surface area contributed by atoms with E-state index in [1.165, 1.54) is 5.56 Å². The van der Waals surface area contributed by atoms with Gasteiger partial charge in [-0.1, -0.05) is 30.3 Å². The van der Waals surface area contributed by atoms with Gasteiger partial charge in [0.05, 0.1) is 0 Å². The van der Waals surface area contributed by atoms with Crippen LogP contribution in [0.1, 0.15) is 66.1 Å². The van der Waals surface area contributed by atoms with Crippen molar-refractivity contribution in [2.24, 2.45) is 0 Å². The molecule has 1 heterocycles. The number of benzene rings is 1. The zero-order chi connectivity index (χ0) is 18.1. The second-order valence-corrected chi connectivity index (χ2v) is 8.27. The van der Waals surface area contributed by atoms with Crippen LogP contribution in [0.25, 0.3) is 0 Å². The van der Waals surface area contributed by atoms with Gasteiger partial charge in [0.1, 0.15) is 6.10 Å². The number of hydrogen-bond acceptors (Lipinski definition) is 3. The molecule has 1 aliphatic heterocycles. The minimum absolute atomic E-state index is 0.00756. The first-order valence-corrected chi connectivity index (χ1v) is 8.80. The summed E-state index contributed by atoms with van der Waals surface area (Å²) in [5.41, 5.74) is 0.866. The standard InChI is InChI=1S/C20H32N2O2/c1-15(17-11-9-8-10-12-17)24-22-19(3,4)13-18(14-20(22,5)6)21(7)16(2)23/h8-12,15,18H,13-14H2,1-7H3. The minimum atomic E-state index is -0.154. The van der Waals surface area contributed by atoms with Crippen molar-refractivity contribution in [2.75, 3.05) is 7.05 Å². The molecule has 1 aliphatic rings. The van der Waals surface area contributed by atoms with Crippen molar-refractivity contribution in [2.45, 2.75) is 77.6 Å². The Morgan fingerprint density at radius 2 is 1.67 bits per heavy atom. The minimum Gasteiger partial charge on any atom is -0.343 e. The number of rotatable bonds is 4. The summed E-state index contributed by atoms with van der Waals surface area (Å²) < 4.78 is 0. The van der Waals surface area contributed by atoms with E-state index in [4.69, 9.17) is 4.84 Å². The van der Waals surface area contributed by atoms with E-state index < -0.39 is 0 Å². The molecule has 0 N–H and O–H groups in total. The Bertz CT molecular complexity index is 550. The zero-order valence-electron chi connectivity index (χ0n) is 16.2. The van der Waals surface area contributed by atoms with Gasteiger partial charge in [-0.15, -0.1) is 0 Å². The number of carbonyl (C=O) groups is 1. The molecular formula is C20H32N2O2. The van der Waals surface area contributed by atoms with E-state index in [-0.39, 0.29) is 29.1 Å². The molecule has 0 bridgehead atoms. The molecule has 1 unspecified atom stereocenters. The summed E-state index contributed by atoms with van der Waals surface area (Å²) in [7, 11) is 1.91.